The number of halogens is 1. The van der Waals surface area contributed by atoms with E-state index < -0.39 is 6.10 Å². The lowest BCUT2D eigenvalue weighted by atomic mass is 10.1. The highest BCUT2D eigenvalue weighted by Gasteiger charge is 2.11. The monoisotopic (exact) mass is 201 g/mol. The Labute approximate surface area is 82.0 Å². The summed E-state index contributed by atoms with van der Waals surface area (Å²) < 4.78 is 0. The average molecular weight is 202 g/mol. The number of phenolic OH excluding ortho intramolecular Hbond substituents is 1. The molecule has 1 rings (SSSR count). The number of aromatic hydroxyl groups is 1. The first-order chi connectivity index (χ1) is 6.15. The van der Waals surface area contributed by atoms with Gasteiger partial charge < -0.3 is 15.5 Å². The molecule has 0 radical (unpaired) electrons. The maximum atomic E-state index is 9.54. The number of nitrogens with one attached hydrogen (secondary N) is 1. The first-order valence-electron chi connectivity index (χ1n) is 3.96. The molecule has 0 aliphatic heterocycles. The Bertz CT molecular complexity index is 291. The van der Waals surface area contributed by atoms with E-state index in [1.54, 1.807) is 19.2 Å². The highest BCUT2D eigenvalue weighted by Crippen LogP contribution is 2.26. The third kappa shape index (κ3) is 2.59. The predicted molar refractivity (Wildman–Crippen MR) is 52.0 cm³/mol. The Kier molecular flexibility index (Phi) is 3.54. The van der Waals surface area contributed by atoms with Crippen molar-refractivity contribution in [1.29, 1.82) is 0 Å². The fraction of sp³-hybridized carbons (Fsp3) is 0.333. The number of rotatable bonds is 3. The van der Waals surface area contributed by atoms with Gasteiger partial charge in [-0.05, 0) is 25.2 Å². The van der Waals surface area contributed by atoms with Gasteiger partial charge in [0.05, 0.1) is 6.10 Å². The van der Waals surface area contributed by atoms with E-state index in [-0.39, 0.29) is 5.75 Å². The van der Waals surface area contributed by atoms with Crippen LogP contribution in [0.1, 0.15) is 11.7 Å². The van der Waals surface area contributed by atoms with Crippen molar-refractivity contribution in [3.63, 3.8) is 0 Å². The van der Waals surface area contributed by atoms with Crippen LogP contribution >= 0.6 is 11.6 Å². The smallest absolute Gasteiger partial charge is 0.121 e. The van der Waals surface area contributed by atoms with Gasteiger partial charge >= 0.3 is 0 Å². The van der Waals surface area contributed by atoms with Gasteiger partial charge in [-0.25, -0.2) is 0 Å². The normalized spacial score (nSPS) is 12.8. The maximum absolute atomic E-state index is 9.54. The van der Waals surface area contributed by atoms with Gasteiger partial charge in [0.2, 0.25) is 0 Å². The fourth-order valence-electron chi connectivity index (χ4n) is 1.10. The van der Waals surface area contributed by atoms with Crippen molar-refractivity contribution in [3.8, 4) is 5.75 Å². The average Bonchev–Trinajstić information content (AvgIpc) is 2.09. The van der Waals surface area contributed by atoms with E-state index in [1.807, 2.05) is 0 Å². The highest BCUT2D eigenvalue weighted by molar-refractivity contribution is 6.30. The molecule has 13 heavy (non-hydrogen) atoms. The van der Waals surface area contributed by atoms with Gasteiger partial charge in [0.15, 0.2) is 0 Å². The molecule has 72 valence electrons. The topological polar surface area (TPSA) is 52.5 Å². The second kappa shape index (κ2) is 4.46. The molecule has 0 aliphatic carbocycles. The minimum absolute atomic E-state index is 0.0622. The third-order valence-electron chi connectivity index (χ3n) is 1.75. The van der Waals surface area contributed by atoms with Crippen molar-refractivity contribution in [2.75, 3.05) is 13.6 Å². The lowest BCUT2D eigenvalue weighted by molar-refractivity contribution is 0.174. The summed E-state index contributed by atoms with van der Waals surface area (Å²) in [6, 6.07) is 4.60. The Morgan fingerprint density at radius 3 is 2.85 bits per heavy atom. The van der Waals surface area contributed by atoms with E-state index in [9.17, 15) is 10.2 Å². The van der Waals surface area contributed by atoms with Crippen LogP contribution in [0.3, 0.4) is 0 Å². The summed E-state index contributed by atoms with van der Waals surface area (Å²) in [5, 5.41) is 22.2. The van der Waals surface area contributed by atoms with Crippen LogP contribution in [-0.4, -0.2) is 23.8 Å². The molecule has 0 saturated carbocycles. The second-order valence-electron chi connectivity index (χ2n) is 2.78. The number of phenols is 1. The largest absolute Gasteiger partial charge is 0.508 e. The van der Waals surface area contributed by atoms with Crippen molar-refractivity contribution >= 4 is 11.6 Å². The minimum atomic E-state index is -0.733. The second-order valence-corrected chi connectivity index (χ2v) is 3.21. The maximum Gasteiger partial charge on any atom is 0.121 e. The SMILES string of the molecule is CNCC(O)c1cc(Cl)ccc1O. The van der Waals surface area contributed by atoms with Crippen molar-refractivity contribution in [2.24, 2.45) is 0 Å². The van der Waals surface area contributed by atoms with E-state index >= 15 is 0 Å². The summed E-state index contributed by atoms with van der Waals surface area (Å²) in [5.74, 6) is 0.0622. The molecule has 1 aromatic rings. The molecule has 0 aromatic heterocycles. The molecular formula is C9H12ClNO2. The number of benzene rings is 1. The first kappa shape index (κ1) is 10.3. The van der Waals surface area contributed by atoms with Crippen molar-refractivity contribution < 1.29 is 10.2 Å². The predicted octanol–water partition coefficient (Wildman–Crippen LogP) is 1.30. The number of aliphatic hydroxyl groups is 1. The summed E-state index contributed by atoms with van der Waals surface area (Å²) in [7, 11) is 1.73. The fourth-order valence-corrected chi connectivity index (χ4v) is 1.28. The molecule has 0 fully saturated rings. The molecule has 1 aromatic carbocycles. The Morgan fingerprint density at radius 2 is 2.23 bits per heavy atom. The molecular weight excluding hydrogens is 190 g/mol. The van der Waals surface area contributed by atoms with Crippen LogP contribution in [0, 0.1) is 0 Å². The van der Waals surface area contributed by atoms with Crippen molar-refractivity contribution in [3.05, 3.63) is 28.8 Å². The van der Waals surface area contributed by atoms with Gasteiger partial charge in [-0.15, -0.1) is 0 Å². The van der Waals surface area contributed by atoms with Gasteiger partial charge in [0.1, 0.15) is 5.75 Å². The zero-order valence-electron chi connectivity index (χ0n) is 7.29. The number of aliphatic hydroxyl groups excluding tert-OH is 1. The molecule has 0 saturated heterocycles. The number of hydrogen-bond acceptors (Lipinski definition) is 3. The molecule has 3 N–H and O–H groups in total. The standard InChI is InChI=1S/C9H12ClNO2/c1-11-5-9(13)7-4-6(10)2-3-8(7)12/h2-4,9,11-13H,5H2,1H3. The molecule has 4 heteroatoms. The van der Waals surface area contributed by atoms with Gasteiger partial charge in [0, 0.05) is 17.1 Å². The van der Waals surface area contributed by atoms with Crippen LogP contribution in [0.2, 0.25) is 5.02 Å². The van der Waals surface area contributed by atoms with Crippen LogP contribution in [0.15, 0.2) is 18.2 Å². The van der Waals surface area contributed by atoms with E-state index in [1.165, 1.54) is 6.07 Å². The van der Waals surface area contributed by atoms with Gasteiger partial charge in [-0.2, -0.15) is 0 Å². The Hall–Kier alpha value is -0.770. The molecule has 0 heterocycles. The molecule has 0 bridgehead atoms. The molecule has 0 amide bonds. The zero-order valence-corrected chi connectivity index (χ0v) is 8.04. The Balaban J connectivity index is 2.91. The van der Waals surface area contributed by atoms with Gasteiger partial charge in [-0.1, -0.05) is 11.6 Å². The summed E-state index contributed by atoms with van der Waals surface area (Å²) in [5.41, 5.74) is 0.446. The van der Waals surface area contributed by atoms with Crippen LogP contribution in [0.5, 0.6) is 5.75 Å². The van der Waals surface area contributed by atoms with Crippen LogP contribution in [-0.2, 0) is 0 Å². The number of hydrogen-bond donors (Lipinski definition) is 3. The highest BCUT2D eigenvalue weighted by atomic mass is 35.5. The molecule has 0 aliphatic rings. The van der Waals surface area contributed by atoms with Crippen molar-refractivity contribution in [2.45, 2.75) is 6.10 Å². The van der Waals surface area contributed by atoms with E-state index in [4.69, 9.17) is 11.6 Å². The zero-order chi connectivity index (χ0) is 9.84. The van der Waals surface area contributed by atoms with Crippen LogP contribution in [0.25, 0.3) is 0 Å². The van der Waals surface area contributed by atoms with E-state index in [0.29, 0.717) is 17.1 Å². The number of likely N-dealkylation sites (N-methyl/N-ethyl adjacent to an activating group) is 1. The molecule has 1 unspecified atom stereocenters. The van der Waals surface area contributed by atoms with Crippen LogP contribution < -0.4 is 5.32 Å². The summed E-state index contributed by atoms with van der Waals surface area (Å²) >= 11 is 5.72. The van der Waals surface area contributed by atoms with Crippen molar-refractivity contribution in [1.82, 2.24) is 5.32 Å². The lowest BCUT2D eigenvalue weighted by Crippen LogP contribution is -2.16. The molecule has 1 atom stereocenters. The van der Waals surface area contributed by atoms with E-state index in [0.717, 1.165) is 0 Å². The first-order valence-corrected chi connectivity index (χ1v) is 4.34. The van der Waals surface area contributed by atoms with Gasteiger partial charge in [0.25, 0.3) is 0 Å². The van der Waals surface area contributed by atoms with Crippen LogP contribution in [0.4, 0.5) is 0 Å². The summed E-state index contributed by atoms with van der Waals surface area (Å²) in [4.78, 5) is 0. The molecule has 0 spiro atoms. The Morgan fingerprint density at radius 1 is 1.54 bits per heavy atom. The summed E-state index contributed by atoms with van der Waals surface area (Å²) in [6.45, 7) is 0.383. The summed E-state index contributed by atoms with van der Waals surface area (Å²) in [6.07, 6.45) is -0.733. The minimum Gasteiger partial charge on any atom is -0.508 e. The molecule has 3 nitrogen and oxygen atoms in total. The quantitative estimate of drug-likeness (QED) is 0.691. The lowest BCUT2D eigenvalue weighted by Gasteiger charge is -2.11. The van der Waals surface area contributed by atoms with Gasteiger partial charge in [-0.3, -0.25) is 0 Å². The third-order valence-corrected chi connectivity index (χ3v) is 1.98. The van der Waals surface area contributed by atoms with E-state index in [2.05, 4.69) is 5.32 Å².